The van der Waals surface area contributed by atoms with Crippen molar-refractivity contribution in [2.24, 2.45) is 0 Å². The molecule has 1 N–H and O–H groups in total. The molecule has 1 unspecified atom stereocenters. The molecule has 0 spiro atoms. The van der Waals surface area contributed by atoms with Crippen LogP contribution in [0.5, 0.6) is 0 Å². The van der Waals surface area contributed by atoms with Crippen LogP contribution in [0.3, 0.4) is 0 Å². The van der Waals surface area contributed by atoms with Gasteiger partial charge in [-0.25, -0.2) is 0 Å². The summed E-state index contributed by atoms with van der Waals surface area (Å²) >= 11 is 1.80. The van der Waals surface area contributed by atoms with Gasteiger partial charge in [-0.05, 0) is 51.2 Å². The average molecular weight is 236 g/mol. The summed E-state index contributed by atoms with van der Waals surface area (Å²) < 4.78 is 0. The highest BCUT2D eigenvalue weighted by Crippen LogP contribution is 2.32. The van der Waals surface area contributed by atoms with Gasteiger partial charge in [0.2, 0.25) is 0 Å². The summed E-state index contributed by atoms with van der Waals surface area (Å²) in [7, 11) is 0. The second-order valence-corrected chi connectivity index (χ2v) is 6.02. The number of aliphatic hydroxyl groups is 1. The predicted octanol–water partition coefficient (Wildman–Crippen LogP) is 4.02. The number of allylic oxidation sites excluding steroid dienone is 1. The molecule has 1 aromatic rings. The number of hydrogen-bond donors (Lipinski definition) is 1. The number of aryl methyl sites for hydroxylation is 2. The van der Waals surface area contributed by atoms with Crippen molar-refractivity contribution in [3.8, 4) is 0 Å². The molecular formula is C14H20OS. The maximum Gasteiger partial charge on any atom is 0.107 e. The van der Waals surface area contributed by atoms with Crippen molar-refractivity contribution in [1.29, 1.82) is 0 Å². The molecule has 2 rings (SSSR count). The van der Waals surface area contributed by atoms with E-state index in [0.29, 0.717) is 0 Å². The number of hydrogen-bond acceptors (Lipinski definition) is 2. The Morgan fingerprint density at radius 3 is 2.81 bits per heavy atom. The van der Waals surface area contributed by atoms with Gasteiger partial charge in [-0.15, -0.1) is 11.3 Å². The molecule has 1 aliphatic carbocycles. The van der Waals surface area contributed by atoms with E-state index in [1.54, 1.807) is 11.3 Å². The van der Waals surface area contributed by atoms with Crippen LogP contribution in [-0.4, -0.2) is 5.11 Å². The Balaban J connectivity index is 2.21. The first-order valence-corrected chi connectivity index (χ1v) is 6.93. The van der Waals surface area contributed by atoms with Crippen LogP contribution in [-0.2, 0) is 12.8 Å². The van der Waals surface area contributed by atoms with Gasteiger partial charge >= 0.3 is 0 Å². The van der Waals surface area contributed by atoms with E-state index in [-0.39, 0.29) is 0 Å². The van der Waals surface area contributed by atoms with Crippen molar-refractivity contribution in [3.63, 3.8) is 0 Å². The zero-order valence-electron chi connectivity index (χ0n) is 10.1. The van der Waals surface area contributed by atoms with Crippen molar-refractivity contribution >= 4 is 11.3 Å². The Kier molecular flexibility index (Phi) is 3.82. The second kappa shape index (κ2) is 5.15. The molecule has 0 bridgehead atoms. The number of thiophene rings is 1. The Hall–Kier alpha value is -0.600. The number of aliphatic hydroxyl groups excluding tert-OH is 1. The predicted molar refractivity (Wildman–Crippen MR) is 70.0 cm³/mol. The molecule has 1 heterocycles. The SMILES string of the molecule is CC(C)=CC(O)c1cc2c(s1)CCCCC2. The van der Waals surface area contributed by atoms with Gasteiger partial charge in [0, 0.05) is 9.75 Å². The van der Waals surface area contributed by atoms with Gasteiger partial charge in [-0.3, -0.25) is 0 Å². The molecule has 16 heavy (non-hydrogen) atoms. The summed E-state index contributed by atoms with van der Waals surface area (Å²) in [5.41, 5.74) is 2.66. The van der Waals surface area contributed by atoms with E-state index in [4.69, 9.17) is 0 Å². The molecule has 1 nitrogen and oxygen atoms in total. The smallest absolute Gasteiger partial charge is 0.107 e. The first-order chi connectivity index (χ1) is 7.66. The van der Waals surface area contributed by atoms with Crippen LogP contribution in [0, 0.1) is 0 Å². The first kappa shape index (κ1) is 11.9. The molecule has 88 valence electrons. The molecule has 0 aromatic carbocycles. The van der Waals surface area contributed by atoms with Crippen molar-refractivity contribution in [3.05, 3.63) is 33.0 Å². The molecule has 0 fully saturated rings. The highest BCUT2D eigenvalue weighted by Gasteiger charge is 2.15. The van der Waals surface area contributed by atoms with E-state index in [1.165, 1.54) is 48.1 Å². The lowest BCUT2D eigenvalue weighted by molar-refractivity contribution is 0.231. The molecule has 0 saturated heterocycles. The number of rotatable bonds is 2. The Morgan fingerprint density at radius 1 is 1.31 bits per heavy atom. The summed E-state index contributed by atoms with van der Waals surface area (Å²) in [6.45, 7) is 4.06. The molecular weight excluding hydrogens is 216 g/mol. The fourth-order valence-electron chi connectivity index (χ4n) is 2.23. The van der Waals surface area contributed by atoms with E-state index in [2.05, 4.69) is 6.07 Å². The van der Waals surface area contributed by atoms with Crippen molar-refractivity contribution in [2.75, 3.05) is 0 Å². The minimum Gasteiger partial charge on any atom is -0.383 e. The standard InChI is InChI=1S/C14H20OS/c1-10(2)8-12(15)14-9-11-6-4-3-5-7-13(11)16-14/h8-9,12,15H,3-7H2,1-2H3. The summed E-state index contributed by atoms with van der Waals surface area (Å²) in [6, 6.07) is 2.22. The lowest BCUT2D eigenvalue weighted by Crippen LogP contribution is -1.90. The molecule has 2 heteroatoms. The van der Waals surface area contributed by atoms with Crippen LogP contribution >= 0.6 is 11.3 Å². The minimum absolute atomic E-state index is 0.401. The van der Waals surface area contributed by atoms with Gasteiger partial charge < -0.3 is 5.11 Å². The topological polar surface area (TPSA) is 20.2 Å². The van der Waals surface area contributed by atoms with E-state index < -0.39 is 6.10 Å². The quantitative estimate of drug-likeness (QED) is 0.607. The lowest BCUT2D eigenvalue weighted by Gasteiger charge is -2.02. The van der Waals surface area contributed by atoms with Crippen LogP contribution in [0.2, 0.25) is 0 Å². The second-order valence-electron chi connectivity index (χ2n) is 4.85. The third-order valence-corrected chi connectivity index (χ3v) is 4.36. The third kappa shape index (κ3) is 2.74. The van der Waals surface area contributed by atoms with Crippen molar-refractivity contribution in [2.45, 2.75) is 52.1 Å². The molecule has 0 saturated carbocycles. The van der Waals surface area contributed by atoms with E-state index >= 15 is 0 Å². The van der Waals surface area contributed by atoms with Gasteiger partial charge in [-0.2, -0.15) is 0 Å². The largest absolute Gasteiger partial charge is 0.383 e. The first-order valence-electron chi connectivity index (χ1n) is 6.11. The van der Waals surface area contributed by atoms with E-state index in [1.807, 2.05) is 19.9 Å². The molecule has 0 aliphatic heterocycles. The monoisotopic (exact) mass is 236 g/mol. The van der Waals surface area contributed by atoms with Gasteiger partial charge in [-0.1, -0.05) is 18.1 Å². The summed E-state index contributed by atoms with van der Waals surface area (Å²) in [5, 5.41) is 10.0. The minimum atomic E-state index is -0.401. The molecule has 1 atom stereocenters. The number of fused-ring (bicyclic) bond motifs is 1. The Bertz CT molecular complexity index is 362. The van der Waals surface area contributed by atoms with Crippen LogP contribution in [0.15, 0.2) is 17.7 Å². The highest BCUT2D eigenvalue weighted by atomic mass is 32.1. The van der Waals surface area contributed by atoms with Crippen molar-refractivity contribution in [1.82, 2.24) is 0 Å². The van der Waals surface area contributed by atoms with E-state index in [0.717, 1.165) is 4.88 Å². The van der Waals surface area contributed by atoms with Crippen molar-refractivity contribution < 1.29 is 5.11 Å². The third-order valence-electron chi connectivity index (χ3n) is 3.05. The zero-order chi connectivity index (χ0) is 11.5. The Labute approximate surface area is 102 Å². The molecule has 1 aliphatic rings. The maximum absolute atomic E-state index is 10.0. The molecule has 0 radical (unpaired) electrons. The average Bonchev–Trinajstić information content (AvgIpc) is 2.49. The van der Waals surface area contributed by atoms with Gasteiger partial charge in [0.05, 0.1) is 0 Å². The normalized spacial score (nSPS) is 17.4. The zero-order valence-corrected chi connectivity index (χ0v) is 10.9. The maximum atomic E-state index is 10.0. The van der Waals surface area contributed by atoms with Crippen LogP contribution in [0.4, 0.5) is 0 Å². The van der Waals surface area contributed by atoms with Gasteiger partial charge in [0.1, 0.15) is 6.10 Å². The van der Waals surface area contributed by atoms with Crippen LogP contribution in [0.1, 0.15) is 54.5 Å². The molecule has 0 amide bonds. The molecule has 1 aromatic heterocycles. The fourth-order valence-corrected chi connectivity index (χ4v) is 3.45. The summed E-state index contributed by atoms with van der Waals surface area (Å²) in [4.78, 5) is 2.63. The van der Waals surface area contributed by atoms with Gasteiger partial charge in [0.15, 0.2) is 0 Å². The van der Waals surface area contributed by atoms with Crippen LogP contribution < -0.4 is 0 Å². The fraction of sp³-hybridized carbons (Fsp3) is 0.571. The summed E-state index contributed by atoms with van der Waals surface area (Å²) in [5.74, 6) is 0. The van der Waals surface area contributed by atoms with E-state index in [9.17, 15) is 5.11 Å². The Morgan fingerprint density at radius 2 is 2.06 bits per heavy atom. The van der Waals surface area contributed by atoms with Gasteiger partial charge in [0.25, 0.3) is 0 Å². The van der Waals surface area contributed by atoms with Crippen LogP contribution in [0.25, 0.3) is 0 Å². The summed E-state index contributed by atoms with van der Waals surface area (Å²) in [6.07, 6.45) is 7.92. The lowest BCUT2D eigenvalue weighted by atomic mass is 10.1. The highest BCUT2D eigenvalue weighted by molar-refractivity contribution is 7.12.